The van der Waals surface area contributed by atoms with Crippen molar-refractivity contribution < 1.29 is 9.53 Å². The Morgan fingerprint density at radius 3 is 3.05 bits per heavy atom. The monoisotopic (exact) mass is 276 g/mol. The van der Waals surface area contributed by atoms with Gasteiger partial charge < -0.3 is 10.1 Å². The summed E-state index contributed by atoms with van der Waals surface area (Å²) in [7, 11) is 0. The standard InChI is InChI=1S/C14H20N4O2/c1-12-5-4-6-13(11-12)20-10-7-14(19)16-8-2-3-9-17-18-15/h4-6,11H,2-3,7-10H2,1H3,(H,16,19). The molecule has 0 bridgehead atoms. The zero-order valence-corrected chi connectivity index (χ0v) is 11.7. The maximum atomic E-state index is 11.5. The number of carbonyl (C=O) groups excluding carboxylic acids is 1. The van der Waals surface area contributed by atoms with Crippen LogP contribution in [0.1, 0.15) is 24.8 Å². The maximum Gasteiger partial charge on any atom is 0.223 e. The topological polar surface area (TPSA) is 87.1 Å². The van der Waals surface area contributed by atoms with Gasteiger partial charge in [0.15, 0.2) is 0 Å². The van der Waals surface area contributed by atoms with Gasteiger partial charge in [0, 0.05) is 18.0 Å². The van der Waals surface area contributed by atoms with E-state index in [0.29, 0.717) is 26.1 Å². The summed E-state index contributed by atoms with van der Waals surface area (Å²) in [6.07, 6.45) is 1.93. The van der Waals surface area contributed by atoms with Crippen molar-refractivity contribution in [1.29, 1.82) is 0 Å². The number of unbranched alkanes of at least 4 members (excludes halogenated alkanes) is 1. The van der Waals surface area contributed by atoms with Crippen molar-refractivity contribution >= 4 is 5.91 Å². The van der Waals surface area contributed by atoms with Crippen LogP contribution < -0.4 is 10.1 Å². The summed E-state index contributed by atoms with van der Waals surface area (Å²) < 4.78 is 5.50. The Hall–Kier alpha value is -2.20. The first-order valence-electron chi connectivity index (χ1n) is 6.69. The molecule has 0 fully saturated rings. The van der Waals surface area contributed by atoms with E-state index in [1.165, 1.54) is 0 Å². The highest BCUT2D eigenvalue weighted by molar-refractivity contribution is 5.75. The van der Waals surface area contributed by atoms with Crippen molar-refractivity contribution in [2.45, 2.75) is 26.2 Å². The highest BCUT2D eigenvalue weighted by Crippen LogP contribution is 2.12. The number of benzene rings is 1. The molecule has 0 radical (unpaired) electrons. The van der Waals surface area contributed by atoms with Gasteiger partial charge >= 0.3 is 0 Å². The molecule has 6 nitrogen and oxygen atoms in total. The van der Waals surface area contributed by atoms with Crippen molar-refractivity contribution in [1.82, 2.24) is 5.32 Å². The molecular formula is C14H20N4O2. The Kier molecular flexibility index (Phi) is 7.69. The zero-order chi connectivity index (χ0) is 14.6. The Morgan fingerprint density at radius 2 is 2.30 bits per heavy atom. The lowest BCUT2D eigenvalue weighted by Crippen LogP contribution is -2.26. The van der Waals surface area contributed by atoms with Crippen LogP contribution in [0, 0.1) is 6.92 Å². The first-order valence-corrected chi connectivity index (χ1v) is 6.69. The van der Waals surface area contributed by atoms with Crippen molar-refractivity contribution in [2.24, 2.45) is 5.11 Å². The number of nitrogens with zero attached hydrogens (tertiary/aromatic N) is 3. The fourth-order valence-corrected chi connectivity index (χ4v) is 1.64. The minimum atomic E-state index is -0.0264. The summed E-state index contributed by atoms with van der Waals surface area (Å²) in [5.74, 6) is 0.758. The molecule has 1 aromatic rings. The highest BCUT2D eigenvalue weighted by atomic mass is 16.5. The van der Waals surface area contributed by atoms with Crippen LogP contribution in [0.2, 0.25) is 0 Å². The van der Waals surface area contributed by atoms with Crippen molar-refractivity contribution in [2.75, 3.05) is 19.7 Å². The molecule has 6 heteroatoms. The first-order chi connectivity index (χ1) is 9.72. The van der Waals surface area contributed by atoms with Gasteiger partial charge in [0.05, 0.1) is 13.0 Å². The molecule has 1 rings (SSSR count). The summed E-state index contributed by atoms with van der Waals surface area (Å²) in [5, 5.41) is 6.23. The second-order valence-corrected chi connectivity index (χ2v) is 4.43. The van der Waals surface area contributed by atoms with Crippen LogP contribution in [0.5, 0.6) is 5.75 Å². The average Bonchev–Trinajstić information content (AvgIpc) is 2.43. The fraction of sp³-hybridized carbons (Fsp3) is 0.500. The van der Waals surface area contributed by atoms with Gasteiger partial charge in [-0.1, -0.05) is 17.2 Å². The van der Waals surface area contributed by atoms with Crippen LogP contribution >= 0.6 is 0 Å². The van der Waals surface area contributed by atoms with Crippen LogP contribution in [0.3, 0.4) is 0 Å². The van der Waals surface area contributed by atoms with Crippen molar-refractivity contribution in [3.05, 3.63) is 40.3 Å². The number of hydrogen-bond acceptors (Lipinski definition) is 3. The van der Waals surface area contributed by atoms with Crippen LogP contribution in [-0.2, 0) is 4.79 Å². The van der Waals surface area contributed by atoms with Gasteiger partial charge in [0.1, 0.15) is 5.75 Å². The Morgan fingerprint density at radius 1 is 1.45 bits per heavy atom. The third-order valence-electron chi connectivity index (χ3n) is 2.66. The van der Waals surface area contributed by atoms with Crippen LogP contribution in [-0.4, -0.2) is 25.6 Å². The fourth-order valence-electron chi connectivity index (χ4n) is 1.64. The molecule has 1 N–H and O–H groups in total. The first kappa shape index (κ1) is 15.9. The molecule has 0 unspecified atom stereocenters. The molecule has 0 spiro atoms. The molecule has 0 saturated carbocycles. The smallest absolute Gasteiger partial charge is 0.223 e. The summed E-state index contributed by atoms with van der Waals surface area (Å²) in [6, 6.07) is 7.73. The number of ether oxygens (including phenoxy) is 1. The largest absolute Gasteiger partial charge is 0.493 e. The van der Waals surface area contributed by atoms with Crippen molar-refractivity contribution in [3.8, 4) is 5.75 Å². The van der Waals surface area contributed by atoms with Crippen molar-refractivity contribution in [3.63, 3.8) is 0 Å². The molecule has 0 aliphatic heterocycles. The summed E-state index contributed by atoms with van der Waals surface area (Å²) >= 11 is 0. The molecule has 0 atom stereocenters. The molecule has 0 aromatic heterocycles. The highest BCUT2D eigenvalue weighted by Gasteiger charge is 2.01. The van der Waals surface area contributed by atoms with Gasteiger partial charge in [-0.05, 0) is 43.0 Å². The summed E-state index contributed by atoms with van der Waals surface area (Å²) in [6.45, 7) is 3.44. The Balaban J connectivity index is 2.07. The quantitative estimate of drug-likeness (QED) is 0.325. The predicted molar refractivity (Wildman–Crippen MR) is 77.5 cm³/mol. The lowest BCUT2D eigenvalue weighted by Gasteiger charge is -2.07. The lowest BCUT2D eigenvalue weighted by molar-refractivity contribution is -0.121. The summed E-state index contributed by atoms with van der Waals surface area (Å²) in [4.78, 5) is 14.2. The SMILES string of the molecule is Cc1cccc(OCCC(=O)NCCCCN=[N+]=[N-])c1. The van der Waals surface area contributed by atoms with E-state index in [0.717, 1.165) is 24.2 Å². The summed E-state index contributed by atoms with van der Waals surface area (Å²) in [5.41, 5.74) is 9.23. The Bertz CT molecular complexity index is 470. The van der Waals surface area contributed by atoms with Crippen LogP contribution in [0.15, 0.2) is 29.4 Å². The molecule has 0 saturated heterocycles. The second kappa shape index (κ2) is 9.69. The van der Waals surface area contributed by atoms with E-state index in [1.807, 2.05) is 31.2 Å². The Labute approximate surface area is 118 Å². The van der Waals surface area contributed by atoms with Gasteiger partial charge in [-0.2, -0.15) is 0 Å². The van der Waals surface area contributed by atoms with Gasteiger partial charge in [0.2, 0.25) is 5.91 Å². The number of carbonyl (C=O) groups is 1. The zero-order valence-electron chi connectivity index (χ0n) is 11.7. The number of azide groups is 1. The van der Waals surface area contributed by atoms with E-state index in [9.17, 15) is 4.79 Å². The predicted octanol–water partition coefficient (Wildman–Crippen LogP) is 2.97. The molecule has 108 valence electrons. The van der Waals surface area contributed by atoms with E-state index in [4.69, 9.17) is 10.3 Å². The van der Waals surface area contributed by atoms with E-state index in [-0.39, 0.29) is 5.91 Å². The minimum absolute atomic E-state index is 0.0264. The average molecular weight is 276 g/mol. The maximum absolute atomic E-state index is 11.5. The molecule has 0 heterocycles. The normalized spacial score (nSPS) is 9.65. The molecule has 0 aliphatic rings. The molecular weight excluding hydrogens is 256 g/mol. The number of aryl methyl sites for hydroxylation is 1. The van der Waals surface area contributed by atoms with Gasteiger partial charge in [-0.25, -0.2) is 0 Å². The third kappa shape index (κ3) is 7.28. The molecule has 1 amide bonds. The molecule has 0 aliphatic carbocycles. The minimum Gasteiger partial charge on any atom is -0.493 e. The number of rotatable bonds is 9. The number of nitrogens with one attached hydrogen (secondary N) is 1. The number of amides is 1. The van der Waals surface area contributed by atoms with E-state index >= 15 is 0 Å². The van der Waals surface area contributed by atoms with Gasteiger partial charge in [-0.3, -0.25) is 4.79 Å². The lowest BCUT2D eigenvalue weighted by atomic mass is 10.2. The van der Waals surface area contributed by atoms with Crippen LogP contribution in [0.25, 0.3) is 10.4 Å². The third-order valence-corrected chi connectivity index (χ3v) is 2.66. The van der Waals surface area contributed by atoms with E-state index in [1.54, 1.807) is 0 Å². The molecule has 1 aromatic carbocycles. The number of hydrogen-bond donors (Lipinski definition) is 1. The van der Waals surface area contributed by atoms with Crippen LogP contribution in [0.4, 0.5) is 0 Å². The van der Waals surface area contributed by atoms with E-state index in [2.05, 4.69) is 15.3 Å². The molecule has 20 heavy (non-hydrogen) atoms. The van der Waals surface area contributed by atoms with Gasteiger partial charge in [-0.15, -0.1) is 0 Å². The van der Waals surface area contributed by atoms with E-state index < -0.39 is 0 Å². The second-order valence-electron chi connectivity index (χ2n) is 4.43. The van der Waals surface area contributed by atoms with Gasteiger partial charge in [0.25, 0.3) is 0 Å².